The van der Waals surface area contributed by atoms with Gasteiger partial charge in [-0.3, -0.25) is 4.68 Å². The number of hydrogen-bond acceptors (Lipinski definition) is 2. The number of halogens is 3. The molecule has 0 unspecified atom stereocenters. The van der Waals surface area contributed by atoms with Crippen molar-refractivity contribution in [3.63, 3.8) is 0 Å². The minimum absolute atomic E-state index is 0.478. The fraction of sp³-hybridized carbons (Fsp3) is 0.625. The third kappa shape index (κ3) is 2.67. The van der Waals surface area contributed by atoms with Gasteiger partial charge >= 0.3 is 6.18 Å². The first-order valence-electron chi connectivity index (χ1n) is 4.13. The molecule has 0 radical (unpaired) electrons. The molecule has 0 atom stereocenters. The number of thioether (sulfide) groups is 1. The molecule has 80 valence electrons. The molecule has 0 aromatic carbocycles. The van der Waals surface area contributed by atoms with Crippen molar-refractivity contribution in [2.45, 2.75) is 18.9 Å². The average molecular weight is 224 g/mol. The van der Waals surface area contributed by atoms with Crippen LogP contribution in [0.2, 0.25) is 0 Å². The summed E-state index contributed by atoms with van der Waals surface area (Å²) in [7, 11) is 1.31. The Hall–Kier alpha value is -0.650. The zero-order valence-corrected chi connectivity index (χ0v) is 8.74. The third-order valence-corrected chi connectivity index (χ3v) is 2.58. The van der Waals surface area contributed by atoms with Crippen LogP contribution in [0.4, 0.5) is 13.2 Å². The number of rotatable bonds is 3. The Morgan fingerprint density at radius 3 is 2.57 bits per heavy atom. The quantitative estimate of drug-likeness (QED) is 0.785. The van der Waals surface area contributed by atoms with Gasteiger partial charge in [-0.15, -0.1) is 0 Å². The number of alkyl halides is 3. The lowest BCUT2D eigenvalue weighted by atomic mass is 10.3. The van der Waals surface area contributed by atoms with Gasteiger partial charge in [0.05, 0.1) is 5.69 Å². The Morgan fingerprint density at radius 1 is 1.50 bits per heavy atom. The maximum absolute atomic E-state index is 12.3. The third-order valence-electron chi connectivity index (χ3n) is 1.67. The fourth-order valence-electron chi connectivity index (χ4n) is 1.07. The number of hydrogen-bond donors (Lipinski definition) is 0. The topological polar surface area (TPSA) is 17.8 Å². The minimum atomic E-state index is -4.31. The SMILES string of the molecule is CCSCc1cc(C(F)(F)F)n(C)n1. The Kier molecular flexibility index (Phi) is 3.47. The summed E-state index contributed by atoms with van der Waals surface area (Å²) in [5.41, 5.74) is -0.212. The van der Waals surface area contributed by atoms with E-state index < -0.39 is 11.9 Å². The summed E-state index contributed by atoms with van der Waals surface area (Å²) < 4.78 is 37.8. The Labute approximate surface area is 84.5 Å². The lowest BCUT2D eigenvalue weighted by molar-refractivity contribution is -0.143. The summed E-state index contributed by atoms with van der Waals surface area (Å²) in [4.78, 5) is 0. The molecule has 0 bridgehead atoms. The largest absolute Gasteiger partial charge is 0.433 e. The summed E-state index contributed by atoms with van der Waals surface area (Å²) in [5.74, 6) is 1.40. The normalized spacial score (nSPS) is 12.1. The average Bonchev–Trinajstić information content (AvgIpc) is 2.42. The van der Waals surface area contributed by atoms with Gasteiger partial charge in [-0.2, -0.15) is 30.0 Å². The molecule has 0 N–H and O–H groups in total. The van der Waals surface area contributed by atoms with Crippen LogP contribution in [0.3, 0.4) is 0 Å². The second-order valence-electron chi connectivity index (χ2n) is 2.78. The molecule has 2 nitrogen and oxygen atoms in total. The van der Waals surface area contributed by atoms with Gasteiger partial charge < -0.3 is 0 Å². The summed E-state index contributed by atoms with van der Waals surface area (Å²) in [6, 6.07) is 1.10. The van der Waals surface area contributed by atoms with Crippen molar-refractivity contribution >= 4 is 11.8 Å². The van der Waals surface area contributed by atoms with Crippen molar-refractivity contribution in [1.82, 2.24) is 9.78 Å². The van der Waals surface area contributed by atoms with E-state index in [-0.39, 0.29) is 0 Å². The highest BCUT2D eigenvalue weighted by atomic mass is 32.2. The monoisotopic (exact) mass is 224 g/mol. The van der Waals surface area contributed by atoms with Crippen LogP contribution in [-0.2, 0) is 19.0 Å². The summed E-state index contributed by atoms with van der Waals surface area (Å²) in [6.07, 6.45) is -4.31. The van der Waals surface area contributed by atoms with Gasteiger partial charge in [-0.1, -0.05) is 6.92 Å². The van der Waals surface area contributed by atoms with Gasteiger partial charge in [-0.25, -0.2) is 0 Å². The first-order chi connectivity index (χ1) is 6.45. The van der Waals surface area contributed by atoms with Crippen molar-refractivity contribution in [2.75, 3.05) is 5.75 Å². The molecule has 0 saturated carbocycles. The van der Waals surface area contributed by atoms with Gasteiger partial charge in [0.1, 0.15) is 5.69 Å². The second-order valence-corrected chi connectivity index (χ2v) is 4.05. The maximum atomic E-state index is 12.3. The summed E-state index contributed by atoms with van der Waals surface area (Å²) in [5, 5.41) is 3.79. The van der Waals surface area contributed by atoms with Crippen LogP contribution in [0.1, 0.15) is 18.3 Å². The van der Waals surface area contributed by atoms with Crippen LogP contribution in [0, 0.1) is 0 Å². The highest BCUT2D eigenvalue weighted by Crippen LogP contribution is 2.29. The molecular weight excluding hydrogens is 213 g/mol. The van der Waals surface area contributed by atoms with Crippen molar-refractivity contribution in [3.05, 3.63) is 17.5 Å². The molecule has 6 heteroatoms. The van der Waals surface area contributed by atoms with E-state index in [0.29, 0.717) is 11.4 Å². The first kappa shape index (κ1) is 11.4. The lowest BCUT2D eigenvalue weighted by Gasteiger charge is -2.04. The fourth-order valence-corrected chi connectivity index (χ4v) is 1.62. The molecule has 0 fully saturated rings. The van der Waals surface area contributed by atoms with Gasteiger partial charge in [0, 0.05) is 12.8 Å². The van der Waals surface area contributed by atoms with Crippen LogP contribution in [0.25, 0.3) is 0 Å². The lowest BCUT2D eigenvalue weighted by Crippen LogP contribution is -2.11. The summed E-state index contributed by atoms with van der Waals surface area (Å²) in [6.45, 7) is 1.96. The smallest absolute Gasteiger partial charge is 0.263 e. The number of aryl methyl sites for hydroxylation is 1. The molecule has 0 saturated heterocycles. The molecule has 1 aromatic heterocycles. The van der Waals surface area contributed by atoms with Crippen LogP contribution >= 0.6 is 11.8 Å². The molecule has 0 aliphatic carbocycles. The van der Waals surface area contributed by atoms with Crippen LogP contribution in [0.5, 0.6) is 0 Å². The molecule has 0 amide bonds. The molecular formula is C8H11F3N2S. The number of nitrogens with zero attached hydrogens (tertiary/aromatic N) is 2. The minimum Gasteiger partial charge on any atom is -0.263 e. The van der Waals surface area contributed by atoms with Crippen LogP contribution < -0.4 is 0 Å². The highest BCUT2D eigenvalue weighted by Gasteiger charge is 2.34. The van der Waals surface area contributed by atoms with Gasteiger partial charge in [0.15, 0.2) is 0 Å². The van der Waals surface area contributed by atoms with Gasteiger partial charge in [0.2, 0.25) is 0 Å². The molecule has 1 heterocycles. The van der Waals surface area contributed by atoms with E-state index >= 15 is 0 Å². The Balaban J connectivity index is 2.83. The highest BCUT2D eigenvalue weighted by molar-refractivity contribution is 7.98. The van der Waals surface area contributed by atoms with E-state index in [9.17, 15) is 13.2 Å². The summed E-state index contributed by atoms with van der Waals surface area (Å²) >= 11 is 1.55. The zero-order valence-electron chi connectivity index (χ0n) is 7.93. The second kappa shape index (κ2) is 4.25. The Morgan fingerprint density at radius 2 is 2.14 bits per heavy atom. The van der Waals surface area contributed by atoms with E-state index in [2.05, 4.69) is 5.10 Å². The van der Waals surface area contributed by atoms with Crippen LogP contribution in [-0.4, -0.2) is 15.5 Å². The predicted molar refractivity (Wildman–Crippen MR) is 50.0 cm³/mol. The standard InChI is InChI=1S/C8H11F3N2S/c1-3-14-5-6-4-7(8(9,10)11)13(2)12-6/h4H,3,5H2,1-2H3. The van der Waals surface area contributed by atoms with Crippen molar-refractivity contribution in [1.29, 1.82) is 0 Å². The Bertz CT molecular complexity index is 306. The van der Waals surface area contributed by atoms with E-state index in [0.717, 1.165) is 16.5 Å². The van der Waals surface area contributed by atoms with E-state index in [4.69, 9.17) is 0 Å². The van der Waals surface area contributed by atoms with E-state index in [1.165, 1.54) is 7.05 Å². The molecule has 0 spiro atoms. The van der Waals surface area contributed by atoms with Gasteiger partial charge in [0.25, 0.3) is 0 Å². The maximum Gasteiger partial charge on any atom is 0.433 e. The predicted octanol–water partition coefficient (Wildman–Crippen LogP) is 2.69. The van der Waals surface area contributed by atoms with Crippen molar-refractivity contribution in [2.24, 2.45) is 7.05 Å². The molecule has 0 aliphatic rings. The van der Waals surface area contributed by atoms with E-state index in [1.807, 2.05) is 6.92 Å². The molecule has 1 rings (SSSR count). The van der Waals surface area contributed by atoms with Crippen LogP contribution in [0.15, 0.2) is 6.07 Å². The zero-order chi connectivity index (χ0) is 10.8. The molecule has 14 heavy (non-hydrogen) atoms. The van der Waals surface area contributed by atoms with Crippen molar-refractivity contribution in [3.8, 4) is 0 Å². The van der Waals surface area contributed by atoms with Crippen molar-refractivity contribution < 1.29 is 13.2 Å². The number of aromatic nitrogens is 2. The van der Waals surface area contributed by atoms with Gasteiger partial charge in [-0.05, 0) is 11.8 Å². The first-order valence-corrected chi connectivity index (χ1v) is 5.28. The van der Waals surface area contributed by atoms with E-state index in [1.54, 1.807) is 11.8 Å². The molecule has 0 aliphatic heterocycles. The molecule has 1 aromatic rings.